The Balaban J connectivity index is 2.27. The van der Waals surface area contributed by atoms with Crippen molar-refractivity contribution in [2.75, 3.05) is 7.05 Å². The first-order valence-electron chi connectivity index (χ1n) is 6.53. The number of hydrogen-bond donors (Lipinski definition) is 4. The predicted octanol–water partition coefficient (Wildman–Crippen LogP) is 2.02. The van der Waals surface area contributed by atoms with Gasteiger partial charge in [0.1, 0.15) is 11.3 Å². The van der Waals surface area contributed by atoms with E-state index in [4.69, 9.17) is 10.5 Å². The molecule has 0 amide bonds. The minimum Gasteiger partial charge on any atom is -0.477 e. The number of aromatic nitrogens is 3. The van der Waals surface area contributed by atoms with Gasteiger partial charge in [0.05, 0.1) is 11.7 Å². The molecule has 0 aliphatic rings. The molecule has 0 radical (unpaired) electrons. The van der Waals surface area contributed by atoms with Gasteiger partial charge >= 0.3 is 5.97 Å². The summed E-state index contributed by atoms with van der Waals surface area (Å²) in [6.45, 7) is 0. The van der Waals surface area contributed by atoms with Crippen LogP contribution in [0.5, 0.6) is 0 Å². The van der Waals surface area contributed by atoms with Gasteiger partial charge in [-0.25, -0.2) is 14.8 Å². The Labute approximate surface area is 125 Å². The monoisotopic (exact) mass is 295 g/mol. The molecule has 0 saturated heterocycles. The SMILES string of the molecule is CN/C=C(\C=N)c1cnc2[nH]c3cnc(C(=O)O)cc3c2c1. The fraction of sp³-hybridized carbons (Fsp3) is 0.0667. The predicted molar refractivity (Wildman–Crippen MR) is 84.2 cm³/mol. The molecule has 0 unspecified atom stereocenters. The molecule has 3 aromatic rings. The van der Waals surface area contributed by atoms with Crippen LogP contribution in [0, 0.1) is 5.41 Å². The van der Waals surface area contributed by atoms with E-state index >= 15 is 0 Å². The topological polar surface area (TPSA) is 115 Å². The minimum absolute atomic E-state index is 0.0168. The molecular formula is C15H13N5O2. The normalized spacial score (nSPS) is 11.8. The number of hydrogen-bond acceptors (Lipinski definition) is 5. The molecule has 22 heavy (non-hydrogen) atoms. The summed E-state index contributed by atoms with van der Waals surface area (Å²) in [5, 5.41) is 21.0. The number of H-pyrrole nitrogens is 1. The highest BCUT2D eigenvalue weighted by Gasteiger charge is 2.12. The maximum absolute atomic E-state index is 11.1. The number of fused-ring (bicyclic) bond motifs is 3. The van der Waals surface area contributed by atoms with Crippen molar-refractivity contribution in [3.8, 4) is 0 Å². The van der Waals surface area contributed by atoms with Crippen LogP contribution >= 0.6 is 0 Å². The summed E-state index contributed by atoms with van der Waals surface area (Å²) < 4.78 is 0. The van der Waals surface area contributed by atoms with E-state index in [1.165, 1.54) is 18.5 Å². The van der Waals surface area contributed by atoms with Gasteiger partial charge in [-0.05, 0) is 12.1 Å². The van der Waals surface area contributed by atoms with E-state index in [2.05, 4.69) is 20.3 Å². The number of carboxylic acids is 1. The number of pyridine rings is 2. The van der Waals surface area contributed by atoms with E-state index in [0.29, 0.717) is 11.2 Å². The number of nitrogens with one attached hydrogen (secondary N) is 3. The van der Waals surface area contributed by atoms with E-state index < -0.39 is 5.97 Å². The summed E-state index contributed by atoms with van der Waals surface area (Å²) >= 11 is 0. The standard InChI is InChI=1S/C15H13N5O2/c1-17-5-9(4-16)8-2-11-10-3-12(15(21)22)18-7-13(10)20-14(11)19-6-8/h2-7,16-17H,1H3,(H,19,20)(H,21,22)/b9-5+,16-4?. The van der Waals surface area contributed by atoms with Gasteiger partial charge in [-0.1, -0.05) is 0 Å². The largest absolute Gasteiger partial charge is 0.477 e. The second-order valence-corrected chi connectivity index (χ2v) is 4.70. The molecule has 0 fully saturated rings. The molecule has 3 heterocycles. The fourth-order valence-corrected chi connectivity index (χ4v) is 2.31. The second-order valence-electron chi connectivity index (χ2n) is 4.70. The highest BCUT2D eigenvalue weighted by molar-refractivity contribution is 6.12. The Kier molecular flexibility index (Phi) is 3.30. The molecule has 0 aliphatic heterocycles. The van der Waals surface area contributed by atoms with Gasteiger partial charge in [-0.2, -0.15) is 0 Å². The first kappa shape index (κ1) is 13.7. The number of nitrogens with zero attached hydrogens (tertiary/aromatic N) is 2. The van der Waals surface area contributed by atoms with Gasteiger partial charge < -0.3 is 20.8 Å². The lowest BCUT2D eigenvalue weighted by atomic mass is 10.1. The van der Waals surface area contributed by atoms with Crippen molar-refractivity contribution in [3.63, 3.8) is 0 Å². The van der Waals surface area contributed by atoms with Crippen LogP contribution in [-0.4, -0.2) is 39.3 Å². The maximum Gasteiger partial charge on any atom is 0.354 e. The van der Waals surface area contributed by atoms with Crippen molar-refractivity contribution in [3.05, 3.63) is 42.0 Å². The summed E-state index contributed by atoms with van der Waals surface area (Å²) in [5.74, 6) is -1.07. The van der Waals surface area contributed by atoms with E-state index in [9.17, 15) is 4.79 Å². The summed E-state index contributed by atoms with van der Waals surface area (Å²) in [5.41, 5.74) is 2.80. The smallest absolute Gasteiger partial charge is 0.354 e. The van der Waals surface area contributed by atoms with E-state index in [1.54, 1.807) is 19.4 Å². The molecule has 7 nitrogen and oxygen atoms in total. The molecule has 0 aromatic carbocycles. The minimum atomic E-state index is -1.07. The molecule has 0 bridgehead atoms. The molecule has 0 atom stereocenters. The van der Waals surface area contributed by atoms with Gasteiger partial charge in [0.25, 0.3) is 0 Å². The highest BCUT2D eigenvalue weighted by Crippen LogP contribution is 2.26. The van der Waals surface area contributed by atoms with Crippen molar-refractivity contribution in [2.45, 2.75) is 0 Å². The van der Waals surface area contributed by atoms with E-state index in [0.717, 1.165) is 21.9 Å². The summed E-state index contributed by atoms with van der Waals surface area (Å²) in [4.78, 5) is 22.4. The molecule has 7 heteroatoms. The van der Waals surface area contributed by atoms with Gasteiger partial charge in [0.15, 0.2) is 0 Å². The molecule has 0 spiro atoms. The van der Waals surface area contributed by atoms with Crippen LogP contribution in [-0.2, 0) is 0 Å². The second kappa shape index (κ2) is 5.28. The molecule has 0 aliphatic carbocycles. The molecule has 110 valence electrons. The maximum atomic E-state index is 11.1. The molecule has 4 N–H and O–H groups in total. The lowest BCUT2D eigenvalue weighted by molar-refractivity contribution is 0.0691. The third-order valence-corrected chi connectivity index (χ3v) is 3.34. The third kappa shape index (κ3) is 2.18. The van der Waals surface area contributed by atoms with Crippen LogP contribution in [0.4, 0.5) is 0 Å². The summed E-state index contributed by atoms with van der Waals surface area (Å²) in [7, 11) is 1.76. The van der Waals surface area contributed by atoms with Crippen molar-refractivity contribution < 1.29 is 9.90 Å². The zero-order valence-electron chi connectivity index (χ0n) is 11.7. The zero-order valence-corrected chi connectivity index (χ0v) is 11.7. The summed E-state index contributed by atoms with van der Waals surface area (Å²) in [6.07, 6.45) is 6.09. The Hall–Kier alpha value is -3.22. The number of allylic oxidation sites excluding steroid dienone is 1. The molecule has 3 rings (SSSR count). The lowest BCUT2D eigenvalue weighted by Crippen LogP contribution is -1.98. The van der Waals surface area contributed by atoms with Crippen molar-refractivity contribution in [1.82, 2.24) is 20.3 Å². The van der Waals surface area contributed by atoms with E-state index in [-0.39, 0.29) is 5.69 Å². The number of aromatic amines is 1. The van der Waals surface area contributed by atoms with Crippen molar-refractivity contribution in [2.24, 2.45) is 0 Å². The van der Waals surface area contributed by atoms with Crippen molar-refractivity contribution in [1.29, 1.82) is 5.41 Å². The van der Waals surface area contributed by atoms with Crippen molar-refractivity contribution >= 4 is 39.7 Å². The number of carboxylic acid groups (broad SMARTS) is 1. The first-order valence-corrected chi connectivity index (χ1v) is 6.53. The Morgan fingerprint density at radius 3 is 2.82 bits per heavy atom. The van der Waals surface area contributed by atoms with Gasteiger partial charge in [0, 0.05) is 47.6 Å². The van der Waals surface area contributed by atoms with Gasteiger partial charge in [-0.15, -0.1) is 0 Å². The summed E-state index contributed by atoms with van der Waals surface area (Å²) in [6, 6.07) is 3.40. The molecule has 3 aromatic heterocycles. The van der Waals surface area contributed by atoms with Crippen LogP contribution in [0.1, 0.15) is 16.1 Å². The van der Waals surface area contributed by atoms with E-state index in [1.807, 2.05) is 6.07 Å². The highest BCUT2D eigenvalue weighted by atomic mass is 16.4. The fourth-order valence-electron chi connectivity index (χ4n) is 2.31. The number of carbonyl (C=O) groups is 1. The Morgan fingerprint density at radius 1 is 1.32 bits per heavy atom. The average molecular weight is 295 g/mol. The van der Waals surface area contributed by atoms with Crippen LogP contribution in [0.2, 0.25) is 0 Å². The van der Waals surface area contributed by atoms with Crippen LogP contribution in [0.15, 0.2) is 30.7 Å². The number of rotatable bonds is 4. The average Bonchev–Trinajstić information content (AvgIpc) is 2.89. The molecule has 0 saturated carbocycles. The quantitative estimate of drug-likeness (QED) is 0.550. The number of aromatic carboxylic acids is 1. The zero-order chi connectivity index (χ0) is 15.7. The third-order valence-electron chi connectivity index (χ3n) is 3.34. The van der Waals surface area contributed by atoms with Crippen LogP contribution < -0.4 is 5.32 Å². The first-order chi connectivity index (χ1) is 10.6. The van der Waals surface area contributed by atoms with Crippen LogP contribution in [0.25, 0.3) is 27.5 Å². The van der Waals surface area contributed by atoms with Crippen LogP contribution in [0.3, 0.4) is 0 Å². The molecular weight excluding hydrogens is 282 g/mol. The Morgan fingerprint density at radius 2 is 2.14 bits per heavy atom. The van der Waals surface area contributed by atoms with Gasteiger partial charge in [0.2, 0.25) is 0 Å². The Bertz CT molecular complexity index is 926. The lowest BCUT2D eigenvalue weighted by Gasteiger charge is -2.02. The van der Waals surface area contributed by atoms with Gasteiger partial charge in [-0.3, -0.25) is 0 Å².